The van der Waals surface area contributed by atoms with Crippen LogP contribution in [0.3, 0.4) is 0 Å². The van der Waals surface area contributed by atoms with E-state index in [4.69, 9.17) is 0 Å². The van der Waals surface area contributed by atoms with Crippen LogP contribution in [0.2, 0.25) is 0 Å². The molecular formula is C13H22N2O3. The maximum atomic E-state index is 11.9. The average Bonchev–Trinajstić information content (AvgIpc) is 2.73. The molecule has 0 spiro atoms. The minimum atomic E-state index is -0.772. The third-order valence-corrected chi connectivity index (χ3v) is 4.54. The third kappa shape index (κ3) is 2.44. The van der Waals surface area contributed by atoms with E-state index in [0.29, 0.717) is 18.9 Å². The fourth-order valence-corrected chi connectivity index (χ4v) is 2.83. The molecule has 0 aliphatic heterocycles. The Labute approximate surface area is 108 Å². The van der Waals surface area contributed by atoms with Crippen molar-refractivity contribution in [1.29, 1.82) is 0 Å². The fraction of sp³-hybridized carbons (Fsp3) is 0.846. The van der Waals surface area contributed by atoms with Gasteiger partial charge in [0.2, 0.25) is 0 Å². The Balaban J connectivity index is 1.85. The van der Waals surface area contributed by atoms with Crippen LogP contribution >= 0.6 is 0 Å². The summed E-state index contributed by atoms with van der Waals surface area (Å²) in [6.07, 6.45) is 6.55. The minimum absolute atomic E-state index is 0.132. The van der Waals surface area contributed by atoms with Crippen molar-refractivity contribution >= 4 is 12.0 Å². The van der Waals surface area contributed by atoms with Crippen LogP contribution in [-0.4, -0.2) is 41.6 Å². The van der Waals surface area contributed by atoms with E-state index in [2.05, 4.69) is 5.32 Å². The lowest BCUT2D eigenvalue weighted by Crippen LogP contribution is -2.50. The number of carboxylic acids is 1. The molecule has 0 heterocycles. The van der Waals surface area contributed by atoms with Gasteiger partial charge < -0.3 is 15.3 Å². The Hall–Kier alpha value is -1.26. The zero-order chi connectivity index (χ0) is 13.2. The van der Waals surface area contributed by atoms with Crippen molar-refractivity contribution in [3.63, 3.8) is 0 Å². The average molecular weight is 254 g/mol. The van der Waals surface area contributed by atoms with Crippen LogP contribution in [-0.2, 0) is 4.79 Å². The van der Waals surface area contributed by atoms with Crippen LogP contribution in [0.5, 0.6) is 0 Å². The topological polar surface area (TPSA) is 69.6 Å². The van der Waals surface area contributed by atoms with Crippen molar-refractivity contribution in [1.82, 2.24) is 10.2 Å². The molecule has 0 saturated heterocycles. The van der Waals surface area contributed by atoms with Crippen LogP contribution in [0.25, 0.3) is 0 Å². The molecule has 2 fully saturated rings. The summed E-state index contributed by atoms with van der Waals surface area (Å²) in [4.78, 5) is 25.0. The fourth-order valence-electron chi connectivity index (χ4n) is 2.83. The maximum Gasteiger partial charge on any atom is 0.317 e. The molecule has 2 rings (SSSR count). The van der Waals surface area contributed by atoms with Crippen molar-refractivity contribution in [3.05, 3.63) is 0 Å². The quantitative estimate of drug-likeness (QED) is 0.804. The summed E-state index contributed by atoms with van der Waals surface area (Å²) >= 11 is 0. The van der Waals surface area contributed by atoms with Crippen LogP contribution in [0.1, 0.15) is 44.9 Å². The molecule has 2 saturated carbocycles. The smallest absolute Gasteiger partial charge is 0.317 e. The summed E-state index contributed by atoms with van der Waals surface area (Å²) in [7, 11) is 1.79. The third-order valence-electron chi connectivity index (χ3n) is 4.54. The lowest BCUT2D eigenvalue weighted by molar-refractivity contribution is -0.148. The van der Waals surface area contributed by atoms with E-state index in [0.717, 1.165) is 25.7 Å². The highest BCUT2D eigenvalue weighted by Crippen LogP contribution is 2.37. The van der Waals surface area contributed by atoms with Crippen molar-refractivity contribution in [3.8, 4) is 0 Å². The molecule has 0 aromatic heterocycles. The number of nitrogens with zero attached hydrogens (tertiary/aromatic N) is 1. The van der Waals surface area contributed by atoms with Gasteiger partial charge in [-0.1, -0.05) is 12.8 Å². The number of rotatable bonds is 4. The number of hydrogen-bond acceptors (Lipinski definition) is 2. The van der Waals surface area contributed by atoms with E-state index in [-0.39, 0.29) is 12.6 Å². The van der Waals surface area contributed by atoms with Crippen molar-refractivity contribution in [2.24, 2.45) is 5.41 Å². The predicted octanol–water partition coefficient (Wildman–Crippen LogP) is 1.83. The van der Waals surface area contributed by atoms with Crippen LogP contribution in [0.4, 0.5) is 4.79 Å². The Bertz CT molecular complexity index is 333. The van der Waals surface area contributed by atoms with E-state index in [1.807, 2.05) is 0 Å². The molecule has 0 atom stereocenters. The van der Waals surface area contributed by atoms with Crippen molar-refractivity contribution in [2.45, 2.75) is 51.0 Å². The van der Waals surface area contributed by atoms with Gasteiger partial charge in [0.15, 0.2) is 0 Å². The molecule has 2 N–H and O–H groups in total. The Morgan fingerprint density at radius 2 is 1.89 bits per heavy atom. The molecule has 5 nitrogen and oxygen atoms in total. The number of aliphatic carboxylic acids is 1. The molecule has 102 valence electrons. The van der Waals surface area contributed by atoms with Gasteiger partial charge in [-0.05, 0) is 32.1 Å². The van der Waals surface area contributed by atoms with E-state index in [1.165, 1.54) is 6.42 Å². The summed E-state index contributed by atoms with van der Waals surface area (Å²) in [5.41, 5.74) is -0.726. The molecule has 2 amide bonds. The Morgan fingerprint density at radius 3 is 2.33 bits per heavy atom. The number of urea groups is 1. The van der Waals surface area contributed by atoms with Gasteiger partial charge in [0.05, 0.1) is 5.41 Å². The molecule has 0 aromatic carbocycles. The molecule has 2 aliphatic carbocycles. The normalized spacial score (nSPS) is 22.3. The highest BCUT2D eigenvalue weighted by molar-refractivity contribution is 5.78. The molecule has 5 heteroatoms. The van der Waals surface area contributed by atoms with Crippen LogP contribution in [0, 0.1) is 5.41 Å². The molecule has 0 bridgehead atoms. The summed E-state index contributed by atoms with van der Waals surface area (Å²) in [6.45, 7) is 0.262. The highest BCUT2D eigenvalue weighted by atomic mass is 16.4. The second-order valence-electron chi connectivity index (χ2n) is 5.65. The summed E-state index contributed by atoms with van der Waals surface area (Å²) < 4.78 is 0. The lowest BCUT2D eigenvalue weighted by atomic mass is 9.86. The highest BCUT2D eigenvalue weighted by Gasteiger charge is 2.41. The van der Waals surface area contributed by atoms with E-state index < -0.39 is 11.4 Å². The van der Waals surface area contributed by atoms with Gasteiger partial charge >= 0.3 is 12.0 Å². The second kappa shape index (κ2) is 5.16. The molecular weight excluding hydrogens is 232 g/mol. The Kier molecular flexibility index (Phi) is 3.78. The first-order valence-electron chi connectivity index (χ1n) is 6.79. The lowest BCUT2D eigenvalue weighted by Gasteiger charge is -2.35. The first kappa shape index (κ1) is 13.2. The van der Waals surface area contributed by atoms with Gasteiger partial charge in [0.1, 0.15) is 0 Å². The van der Waals surface area contributed by atoms with Crippen LogP contribution < -0.4 is 5.32 Å². The number of carboxylic acid groups (broad SMARTS) is 1. The minimum Gasteiger partial charge on any atom is -0.481 e. The van der Waals surface area contributed by atoms with Gasteiger partial charge in [0, 0.05) is 19.6 Å². The zero-order valence-corrected chi connectivity index (χ0v) is 10.9. The first-order valence-corrected chi connectivity index (χ1v) is 6.79. The molecule has 2 aliphatic rings. The van der Waals surface area contributed by atoms with E-state index >= 15 is 0 Å². The predicted molar refractivity (Wildman–Crippen MR) is 67.3 cm³/mol. The van der Waals surface area contributed by atoms with Gasteiger partial charge in [-0.25, -0.2) is 4.79 Å². The van der Waals surface area contributed by atoms with E-state index in [1.54, 1.807) is 11.9 Å². The Morgan fingerprint density at radius 1 is 1.28 bits per heavy atom. The number of nitrogens with one attached hydrogen (secondary N) is 1. The number of amides is 2. The summed E-state index contributed by atoms with van der Waals surface area (Å²) in [5, 5.41) is 12.1. The maximum absolute atomic E-state index is 11.9. The monoisotopic (exact) mass is 254 g/mol. The van der Waals surface area contributed by atoms with E-state index in [9.17, 15) is 14.7 Å². The first-order chi connectivity index (χ1) is 8.55. The second-order valence-corrected chi connectivity index (χ2v) is 5.65. The van der Waals surface area contributed by atoms with Crippen LogP contribution in [0.15, 0.2) is 0 Å². The zero-order valence-electron chi connectivity index (χ0n) is 10.9. The van der Waals surface area contributed by atoms with Crippen molar-refractivity contribution < 1.29 is 14.7 Å². The molecule has 0 aromatic rings. The number of carbonyl (C=O) groups is 2. The van der Waals surface area contributed by atoms with Gasteiger partial charge in [-0.3, -0.25) is 4.79 Å². The standard InChI is InChI=1S/C13H22N2O3/c1-15(10-5-4-6-10)12(18)14-9-13(11(16)17)7-2-3-8-13/h10H,2-9H2,1H3,(H,14,18)(H,16,17). The molecule has 18 heavy (non-hydrogen) atoms. The summed E-state index contributed by atoms with van der Waals surface area (Å²) in [6, 6.07) is 0.210. The summed E-state index contributed by atoms with van der Waals surface area (Å²) in [5.74, 6) is -0.772. The van der Waals surface area contributed by atoms with Gasteiger partial charge in [-0.2, -0.15) is 0 Å². The molecule has 0 radical (unpaired) electrons. The largest absolute Gasteiger partial charge is 0.481 e. The van der Waals surface area contributed by atoms with Crippen molar-refractivity contribution in [2.75, 3.05) is 13.6 Å². The SMILES string of the molecule is CN(C(=O)NCC1(C(=O)O)CCCC1)C1CCC1. The van der Waals surface area contributed by atoms with Gasteiger partial charge in [0.25, 0.3) is 0 Å². The number of hydrogen-bond donors (Lipinski definition) is 2. The number of carbonyl (C=O) groups excluding carboxylic acids is 1. The van der Waals surface area contributed by atoms with Gasteiger partial charge in [-0.15, -0.1) is 0 Å². The molecule has 0 unspecified atom stereocenters.